The summed E-state index contributed by atoms with van der Waals surface area (Å²) in [5.74, 6) is 0.708. The Labute approximate surface area is 96.4 Å². The molecule has 0 unspecified atom stereocenters. The van der Waals surface area contributed by atoms with E-state index in [1.54, 1.807) is 16.8 Å². The molecule has 0 aliphatic rings. The molecule has 0 spiro atoms. The fourth-order valence-corrected chi connectivity index (χ4v) is 2.02. The van der Waals surface area contributed by atoms with E-state index in [0.29, 0.717) is 5.76 Å². The first-order chi connectivity index (χ1) is 7.93. The number of rotatable bonds is 2. The second kappa shape index (κ2) is 3.90. The van der Waals surface area contributed by atoms with E-state index >= 15 is 0 Å². The van der Waals surface area contributed by atoms with Gasteiger partial charge in [0.25, 0.3) is 0 Å². The summed E-state index contributed by atoms with van der Waals surface area (Å²) in [7, 11) is 0. The quantitative estimate of drug-likeness (QED) is 0.674. The molecule has 2 aromatic heterocycles. The van der Waals surface area contributed by atoms with Crippen LogP contribution in [-0.2, 0) is 0 Å². The lowest BCUT2D eigenvalue weighted by molar-refractivity contribution is 0.434. The zero-order chi connectivity index (χ0) is 10.8. The van der Waals surface area contributed by atoms with Crippen molar-refractivity contribution in [3.63, 3.8) is 0 Å². The standard InChI is InChI=1S/C12H8N2OS/c1-2-4-9(5-3-1)10-6-12(15-14-10)11-7-16-8-13-11/h1-8H. The molecule has 0 saturated carbocycles. The fraction of sp³-hybridized carbons (Fsp3) is 0. The lowest BCUT2D eigenvalue weighted by Crippen LogP contribution is -1.73. The number of hydrogen-bond acceptors (Lipinski definition) is 4. The van der Waals surface area contributed by atoms with Crippen LogP contribution in [0.25, 0.3) is 22.7 Å². The van der Waals surface area contributed by atoms with E-state index in [4.69, 9.17) is 4.52 Å². The summed E-state index contributed by atoms with van der Waals surface area (Å²) < 4.78 is 5.26. The second-order valence-corrected chi connectivity index (χ2v) is 4.03. The zero-order valence-corrected chi connectivity index (χ0v) is 9.15. The predicted octanol–water partition coefficient (Wildman–Crippen LogP) is 3.47. The van der Waals surface area contributed by atoms with Crippen LogP contribution in [0.5, 0.6) is 0 Å². The van der Waals surface area contributed by atoms with Crippen LogP contribution in [0.2, 0.25) is 0 Å². The summed E-state index contributed by atoms with van der Waals surface area (Å²) >= 11 is 1.54. The summed E-state index contributed by atoms with van der Waals surface area (Å²) in [6.45, 7) is 0. The van der Waals surface area contributed by atoms with Crippen LogP contribution in [-0.4, -0.2) is 10.1 Å². The molecule has 0 saturated heterocycles. The van der Waals surface area contributed by atoms with E-state index in [9.17, 15) is 0 Å². The monoisotopic (exact) mass is 228 g/mol. The molecule has 2 heterocycles. The van der Waals surface area contributed by atoms with Gasteiger partial charge in [0.15, 0.2) is 5.76 Å². The van der Waals surface area contributed by atoms with Crippen LogP contribution in [0.3, 0.4) is 0 Å². The number of nitrogens with zero attached hydrogens (tertiary/aromatic N) is 2. The highest BCUT2D eigenvalue weighted by Gasteiger charge is 2.09. The van der Waals surface area contributed by atoms with Gasteiger partial charge in [-0.1, -0.05) is 35.5 Å². The molecule has 0 fully saturated rings. The number of aromatic nitrogens is 2. The van der Waals surface area contributed by atoms with E-state index in [1.165, 1.54) is 0 Å². The third-order valence-electron chi connectivity index (χ3n) is 2.26. The van der Waals surface area contributed by atoms with Crippen LogP contribution < -0.4 is 0 Å². The highest BCUT2D eigenvalue weighted by atomic mass is 32.1. The van der Waals surface area contributed by atoms with Crippen molar-refractivity contribution >= 4 is 11.3 Å². The number of thiazole rings is 1. The van der Waals surface area contributed by atoms with Crippen LogP contribution in [0.4, 0.5) is 0 Å². The van der Waals surface area contributed by atoms with Crippen molar-refractivity contribution in [2.45, 2.75) is 0 Å². The Hall–Kier alpha value is -1.94. The minimum Gasteiger partial charge on any atom is -0.354 e. The van der Waals surface area contributed by atoms with Crippen molar-refractivity contribution in [1.29, 1.82) is 0 Å². The van der Waals surface area contributed by atoms with Crippen molar-refractivity contribution in [3.8, 4) is 22.7 Å². The summed E-state index contributed by atoms with van der Waals surface area (Å²) in [4.78, 5) is 4.18. The summed E-state index contributed by atoms with van der Waals surface area (Å²) in [5, 5.41) is 5.97. The molecule has 0 N–H and O–H groups in total. The average molecular weight is 228 g/mol. The first kappa shape index (κ1) is 9.30. The first-order valence-corrected chi connectivity index (χ1v) is 5.78. The summed E-state index contributed by atoms with van der Waals surface area (Å²) in [6.07, 6.45) is 0. The molecule has 0 amide bonds. The molecule has 0 atom stereocenters. The molecule has 3 rings (SSSR count). The second-order valence-electron chi connectivity index (χ2n) is 3.32. The Kier molecular flexibility index (Phi) is 2.27. The van der Waals surface area contributed by atoms with E-state index in [0.717, 1.165) is 17.0 Å². The molecule has 3 nitrogen and oxygen atoms in total. The average Bonchev–Trinajstić information content (AvgIpc) is 3.01. The van der Waals surface area contributed by atoms with E-state index < -0.39 is 0 Å². The third-order valence-corrected chi connectivity index (χ3v) is 2.85. The maximum Gasteiger partial charge on any atom is 0.186 e. The van der Waals surface area contributed by atoms with Gasteiger partial charge in [0.1, 0.15) is 11.4 Å². The van der Waals surface area contributed by atoms with E-state index in [-0.39, 0.29) is 0 Å². The Morgan fingerprint density at radius 1 is 1.06 bits per heavy atom. The van der Waals surface area contributed by atoms with Gasteiger partial charge in [-0.3, -0.25) is 0 Å². The van der Waals surface area contributed by atoms with E-state index in [1.807, 2.05) is 41.8 Å². The van der Waals surface area contributed by atoms with Crippen molar-refractivity contribution in [2.24, 2.45) is 0 Å². The lowest BCUT2D eigenvalue weighted by Gasteiger charge is -1.91. The summed E-state index contributed by atoms with van der Waals surface area (Å²) in [6, 6.07) is 11.8. The topological polar surface area (TPSA) is 38.9 Å². The van der Waals surface area contributed by atoms with Gasteiger partial charge >= 0.3 is 0 Å². The summed E-state index contributed by atoms with van der Waals surface area (Å²) in [5.41, 5.74) is 4.50. The molecular formula is C12H8N2OS. The smallest absolute Gasteiger partial charge is 0.186 e. The minimum atomic E-state index is 0.708. The van der Waals surface area contributed by atoms with Crippen molar-refractivity contribution in [1.82, 2.24) is 10.1 Å². The maximum absolute atomic E-state index is 5.26. The van der Waals surface area contributed by atoms with Gasteiger partial charge in [0.2, 0.25) is 0 Å². The molecule has 0 aliphatic carbocycles. The molecule has 1 aromatic carbocycles. The Balaban J connectivity index is 2.00. The van der Waals surface area contributed by atoms with Gasteiger partial charge in [-0.25, -0.2) is 4.98 Å². The molecule has 0 bridgehead atoms. The maximum atomic E-state index is 5.26. The first-order valence-electron chi connectivity index (χ1n) is 4.84. The number of hydrogen-bond donors (Lipinski definition) is 0. The van der Waals surface area contributed by atoms with Crippen LogP contribution >= 0.6 is 11.3 Å². The molecule has 0 radical (unpaired) electrons. The third kappa shape index (κ3) is 1.63. The van der Waals surface area contributed by atoms with Crippen LogP contribution in [0.15, 0.2) is 51.8 Å². The van der Waals surface area contributed by atoms with Gasteiger partial charge < -0.3 is 4.52 Å². The Morgan fingerprint density at radius 3 is 2.69 bits per heavy atom. The predicted molar refractivity (Wildman–Crippen MR) is 63.0 cm³/mol. The molecule has 3 aromatic rings. The Morgan fingerprint density at radius 2 is 1.94 bits per heavy atom. The fourth-order valence-electron chi connectivity index (χ4n) is 1.48. The van der Waals surface area contributed by atoms with Crippen LogP contribution in [0, 0.1) is 0 Å². The highest BCUT2D eigenvalue weighted by Crippen LogP contribution is 2.25. The van der Waals surface area contributed by atoms with E-state index in [2.05, 4.69) is 10.1 Å². The van der Waals surface area contributed by atoms with Crippen LogP contribution in [0.1, 0.15) is 0 Å². The van der Waals surface area contributed by atoms with Crippen molar-refractivity contribution in [2.75, 3.05) is 0 Å². The highest BCUT2D eigenvalue weighted by molar-refractivity contribution is 7.07. The molecular weight excluding hydrogens is 220 g/mol. The van der Waals surface area contributed by atoms with Gasteiger partial charge in [-0.15, -0.1) is 11.3 Å². The zero-order valence-electron chi connectivity index (χ0n) is 8.33. The van der Waals surface area contributed by atoms with Gasteiger partial charge in [0.05, 0.1) is 5.51 Å². The lowest BCUT2D eigenvalue weighted by atomic mass is 10.1. The normalized spacial score (nSPS) is 10.5. The number of benzene rings is 1. The molecule has 16 heavy (non-hydrogen) atoms. The molecule has 4 heteroatoms. The van der Waals surface area contributed by atoms with Crippen molar-refractivity contribution < 1.29 is 4.52 Å². The molecule has 0 aliphatic heterocycles. The minimum absolute atomic E-state index is 0.708. The largest absolute Gasteiger partial charge is 0.354 e. The Bertz CT molecular complexity index is 572. The molecule has 78 valence electrons. The van der Waals surface area contributed by atoms with Gasteiger partial charge in [-0.05, 0) is 0 Å². The van der Waals surface area contributed by atoms with Gasteiger partial charge in [0, 0.05) is 17.0 Å². The van der Waals surface area contributed by atoms with Gasteiger partial charge in [-0.2, -0.15) is 0 Å². The van der Waals surface area contributed by atoms with Crippen molar-refractivity contribution in [3.05, 3.63) is 47.3 Å². The SMILES string of the molecule is c1ccc(-c2cc(-c3cscn3)on2)cc1.